The Morgan fingerprint density at radius 2 is 1.97 bits per heavy atom. The number of phenols is 2. The van der Waals surface area contributed by atoms with E-state index in [-0.39, 0.29) is 23.9 Å². The van der Waals surface area contributed by atoms with Gasteiger partial charge >= 0.3 is 0 Å². The van der Waals surface area contributed by atoms with Crippen LogP contribution in [0, 0.1) is 0 Å². The number of hydrogen-bond acceptors (Lipinski definition) is 5. The highest BCUT2D eigenvalue weighted by molar-refractivity contribution is 6.06. The Labute approximate surface area is 176 Å². The molecule has 0 saturated heterocycles. The van der Waals surface area contributed by atoms with Crippen molar-refractivity contribution < 1.29 is 24.5 Å². The quantitative estimate of drug-likeness (QED) is 0.690. The van der Waals surface area contributed by atoms with E-state index in [2.05, 4.69) is 6.08 Å². The number of Topliss-reactive ketones (excluding diaryl/α,β-unsaturated/α-hetero) is 1. The topological polar surface area (TPSA) is 76.0 Å². The van der Waals surface area contributed by atoms with E-state index in [1.54, 1.807) is 6.07 Å². The number of ketones is 1. The molecule has 0 aliphatic carbocycles. The molecule has 2 heterocycles. The monoisotopic (exact) mass is 406 g/mol. The number of carbonyl (C=O) groups excluding carboxylic acids is 1. The zero-order valence-electron chi connectivity index (χ0n) is 17.7. The van der Waals surface area contributed by atoms with Crippen LogP contribution in [0.25, 0.3) is 6.08 Å². The lowest BCUT2D eigenvalue weighted by molar-refractivity contribution is 0.0891. The third-order valence-corrected chi connectivity index (χ3v) is 5.46. The van der Waals surface area contributed by atoms with Crippen molar-refractivity contribution in [2.75, 3.05) is 6.61 Å². The first-order chi connectivity index (χ1) is 14.2. The van der Waals surface area contributed by atoms with Crippen molar-refractivity contribution in [3.05, 3.63) is 64.2 Å². The van der Waals surface area contributed by atoms with Gasteiger partial charge in [-0.25, -0.2) is 0 Å². The maximum Gasteiger partial charge on any atom is 0.177 e. The first-order valence-electron chi connectivity index (χ1n) is 10.1. The van der Waals surface area contributed by atoms with E-state index in [9.17, 15) is 15.0 Å². The number of fused-ring (bicyclic) bond motifs is 2. The molecule has 0 fully saturated rings. The maximum absolute atomic E-state index is 13.4. The summed E-state index contributed by atoms with van der Waals surface area (Å²) in [7, 11) is 0. The second-order valence-corrected chi connectivity index (χ2v) is 8.65. The molecule has 2 N–H and O–H groups in total. The van der Waals surface area contributed by atoms with Crippen molar-refractivity contribution in [3.63, 3.8) is 0 Å². The molecule has 5 heteroatoms. The van der Waals surface area contributed by atoms with Crippen molar-refractivity contribution in [1.29, 1.82) is 0 Å². The number of hydrogen-bond donors (Lipinski definition) is 2. The summed E-state index contributed by atoms with van der Waals surface area (Å²) in [5, 5.41) is 19.8. The molecular weight excluding hydrogens is 380 g/mol. The van der Waals surface area contributed by atoms with Crippen molar-refractivity contribution in [3.8, 4) is 23.0 Å². The van der Waals surface area contributed by atoms with Gasteiger partial charge in [-0.15, -0.1) is 0 Å². The van der Waals surface area contributed by atoms with E-state index in [1.807, 2.05) is 45.9 Å². The summed E-state index contributed by atoms with van der Waals surface area (Å²) >= 11 is 0. The van der Waals surface area contributed by atoms with Crippen molar-refractivity contribution in [1.82, 2.24) is 0 Å². The van der Waals surface area contributed by atoms with Crippen molar-refractivity contribution >= 4 is 11.9 Å². The molecule has 0 bridgehead atoms. The van der Waals surface area contributed by atoms with Gasteiger partial charge in [0.05, 0.1) is 11.5 Å². The van der Waals surface area contributed by atoms with Crippen LogP contribution in [0.15, 0.2) is 42.0 Å². The Kier molecular flexibility index (Phi) is 4.85. The lowest BCUT2D eigenvalue weighted by atomic mass is 9.85. The Morgan fingerprint density at radius 3 is 2.67 bits per heavy atom. The number of benzene rings is 2. The highest BCUT2D eigenvalue weighted by atomic mass is 16.5. The van der Waals surface area contributed by atoms with Crippen LogP contribution in [-0.4, -0.2) is 28.2 Å². The lowest BCUT2D eigenvalue weighted by Crippen LogP contribution is -2.31. The molecule has 5 nitrogen and oxygen atoms in total. The van der Waals surface area contributed by atoms with E-state index in [0.29, 0.717) is 23.3 Å². The number of carbonyl (C=O) groups is 1. The van der Waals surface area contributed by atoms with Gasteiger partial charge in [-0.3, -0.25) is 4.79 Å². The van der Waals surface area contributed by atoms with Gasteiger partial charge in [0.25, 0.3) is 0 Å². The van der Waals surface area contributed by atoms with E-state index in [1.165, 1.54) is 17.7 Å². The average molecular weight is 406 g/mol. The van der Waals surface area contributed by atoms with Crippen LogP contribution < -0.4 is 9.47 Å². The number of rotatable bonds is 3. The highest BCUT2D eigenvalue weighted by Crippen LogP contribution is 2.46. The zero-order valence-corrected chi connectivity index (χ0v) is 17.7. The molecular formula is C25H26O5. The van der Waals surface area contributed by atoms with Crippen LogP contribution in [0.4, 0.5) is 0 Å². The average Bonchev–Trinajstić information content (AvgIpc) is 2.66. The molecule has 0 spiro atoms. The standard InChI is InChI=1S/C25H26O5/c1-14(2)5-7-18-23-15(9-10-25(3,4)30-23)11-19-22(28)20(13-29-24(18)19)17-8-6-16(26)12-21(17)27/h5-6,8-12,20,26-27H,7,13H2,1-4H3/t20-/m0/s1. The molecule has 0 saturated carbocycles. The molecule has 2 aromatic carbocycles. The summed E-state index contributed by atoms with van der Waals surface area (Å²) < 4.78 is 12.4. The molecule has 0 aromatic heterocycles. The molecule has 2 aliphatic heterocycles. The maximum atomic E-state index is 13.4. The number of ether oxygens (including phenoxy) is 2. The molecule has 0 radical (unpaired) electrons. The third kappa shape index (κ3) is 3.56. The molecule has 0 unspecified atom stereocenters. The van der Waals surface area contributed by atoms with Gasteiger partial charge < -0.3 is 19.7 Å². The van der Waals surface area contributed by atoms with Crippen LogP contribution in [0.1, 0.15) is 60.7 Å². The van der Waals surface area contributed by atoms with Crippen LogP contribution in [0.5, 0.6) is 23.0 Å². The van der Waals surface area contributed by atoms with E-state index in [0.717, 1.165) is 16.9 Å². The number of phenolic OH excluding ortho intramolecular Hbond substituents is 2. The summed E-state index contributed by atoms with van der Waals surface area (Å²) in [6.45, 7) is 8.16. The Hall–Kier alpha value is -3.21. The second kappa shape index (κ2) is 7.24. The Morgan fingerprint density at radius 1 is 1.20 bits per heavy atom. The molecule has 30 heavy (non-hydrogen) atoms. The van der Waals surface area contributed by atoms with Crippen molar-refractivity contribution in [2.24, 2.45) is 0 Å². The zero-order chi connectivity index (χ0) is 21.6. The summed E-state index contributed by atoms with van der Waals surface area (Å²) in [5.74, 6) is 0.375. The van der Waals surface area contributed by atoms with Gasteiger partial charge in [-0.05, 0) is 52.3 Å². The third-order valence-electron chi connectivity index (χ3n) is 5.46. The molecule has 1 atom stereocenters. The van der Waals surface area contributed by atoms with Crippen LogP contribution in [0.3, 0.4) is 0 Å². The van der Waals surface area contributed by atoms with Gasteiger partial charge in [0.2, 0.25) is 0 Å². The van der Waals surface area contributed by atoms with Crippen molar-refractivity contribution in [2.45, 2.75) is 45.6 Å². The normalized spacial score (nSPS) is 18.7. The van der Waals surface area contributed by atoms with Crippen LogP contribution in [0.2, 0.25) is 0 Å². The SMILES string of the molecule is CC(C)=CCc1c2c(cc3c1OC[C@@H](c1ccc(O)cc1O)C3=O)C=CC(C)(C)O2. The van der Waals surface area contributed by atoms with Crippen LogP contribution in [-0.2, 0) is 6.42 Å². The summed E-state index contributed by atoms with van der Waals surface area (Å²) in [5.41, 5.74) is 3.36. The molecule has 4 rings (SSSR count). The number of aromatic hydroxyl groups is 2. The molecule has 2 aliphatic rings. The minimum atomic E-state index is -0.641. The van der Waals surface area contributed by atoms with E-state index < -0.39 is 11.5 Å². The van der Waals surface area contributed by atoms with Gasteiger partial charge in [-0.1, -0.05) is 23.8 Å². The predicted molar refractivity (Wildman–Crippen MR) is 116 cm³/mol. The summed E-state index contributed by atoms with van der Waals surface area (Å²) in [4.78, 5) is 13.4. The minimum absolute atomic E-state index is 0.0520. The largest absolute Gasteiger partial charge is 0.508 e. The van der Waals surface area contributed by atoms with E-state index in [4.69, 9.17) is 9.47 Å². The first kappa shape index (κ1) is 20.1. The fourth-order valence-electron chi connectivity index (χ4n) is 3.89. The lowest BCUT2D eigenvalue weighted by Gasteiger charge is -2.33. The Balaban J connectivity index is 1.84. The van der Waals surface area contributed by atoms with Gasteiger partial charge in [0.15, 0.2) is 5.78 Å². The fourth-order valence-corrected chi connectivity index (χ4v) is 3.89. The van der Waals surface area contributed by atoms with Gasteiger partial charge in [0.1, 0.15) is 35.2 Å². The fraction of sp³-hybridized carbons (Fsp3) is 0.320. The smallest absolute Gasteiger partial charge is 0.177 e. The summed E-state index contributed by atoms with van der Waals surface area (Å²) in [6.07, 6.45) is 6.65. The summed E-state index contributed by atoms with van der Waals surface area (Å²) in [6, 6.07) is 6.08. The van der Waals surface area contributed by atoms with Crippen LogP contribution >= 0.6 is 0 Å². The van der Waals surface area contributed by atoms with E-state index >= 15 is 0 Å². The molecule has 2 aromatic rings. The van der Waals surface area contributed by atoms with Gasteiger partial charge in [-0.2, -0.15) is 0 Å². The highest BCUT2D eigenvalue weighted by Gasteiger charge is 2.36. The predicted octanol–water partition coefficient (Wildman–Crippen LogP) is 5.15. The minimum Gasteiger partial charge on any atom is -0.508 e. The molecule has 0 amide bonds. The second-order valence-electron chi connectivity index (χ2n) is 8.65. The molecule has 156 valence electrons. The Bertz CT molecular complexity index is 1090. The first-order valence-corrected chi connectivity index (χ1v) is 10.1. The number of allylic oxidation sites excluding steroid dienone is 2. The van der Waals surface area contributed by atoms with Gasteiger partial charge in [0, 0.05) is 22.8 Å².